The first-order valence-electron chi connectivity index (χ1n) is 11.4. The predicted molar refractivity (Wildman–Crippen MR) is 115 cm³/mol. The summed E-state index contributed by atoms with van der Waals surface area (Å²) in [6, 6.07) is 0.785. The van der Waals surface area contributed by atoms with Crippen molar-refractivity contribution in [2.75, 3.05) is 40.9 Å². The minimum absolute atomic E-state index is 0. The standard InChI is InChI=1S/C21H22F17N2O3S.HI/c1-40(2,3)10-4-9-39-44(41,42)13-7-5-12(6-8-13)43-21(37,38)20(35,36)19(33,34)18(31,32)17(29,30)16(27,28)15(25,26)14(23,24)11-22;/h5-8,39H,4,9-11H2,1-3H3;1H/q+1;/p-1. The van der Waals surface area contributed by atoms with Gasteiger partial charge in [0.1, 0.15) is 5.75 Å². The van der Waals surface area contributed by atoms with Gasteiger partial charge in [0.2, 0.25) is 10.0 Å². The van der Waals surface area contributed by atoms with Crippen molar-refractivity contribution in [3.05, 3.63) is 24.3 Å². The van der Waals surface area contributed by atoms with Gasteiger partial charge in [0.05, 0.1) is 32.6 Å². The second-order valence-corrected chi connectivity index (χ2v) is 11.9. The van der Waals surface area contributed by atoms with Gasteiger partial charge in [-0.25, -0.2) is 17.5 Å². The fourth-order valence-electron chi connectivity index (χ4n) is 3.03. The Morgan fingerprint density at radius 1 is 0.667 bits per heavy atom. The number of nitrogens with one attached hydrogen (secondary N) is 1. The Morgan fingerprint density at radius 2 is 1.04 bits per heavy atom. The molecule has 0 spiro atoms. The van der Waals surface area contributed by atoms with Crippen LogP contribution in [0.3, 0.4) is 0 Å². The number of quaternary nitrogens is 1. The normalized spacial score (nSPS) is 15.1. The molecular weight excluding hydrogens is 810 g/mol. The lowest BCUT2D eigenvalue weighted by atomic mass is 9.89. The molecule has 24 heteroatoms. The summed E-state index contributed by atoms with van der Waals surface area (Å²) in [5.41, 5.74) is 0. The van der Waals surface area contributed by atoms with Gasteiger partial charge in [-0.05, 0) is 24.3 Å². The van der Waals surface area contributed by atoms with E-state index in [0.717, 1.165) is 0 Å². The van der Waals surface area contributed by atoms with Gasteiger partial charge in [-0.1, -0.05) is 0 Å². The maximum atomic E-state index is 14.0. The summed E-state index contributed by atoms with van der Waals surface area (Å²) in [4.78, 5) is -0.782. The van der Waals surface area contributed by atoms with E-state index in [1.807, 2.05) is 4.72 Å². The van der Waals surface area contributed by atoms with E-state index in [1.54, 1.807) is 21.1 Å². The molecular formula is C21H22F17IN2O3S. The van der Waals surface area contributed by atoms with E-state index in [0.29, 0.717) is 23.2 Å². The van der Waals surface area contributed by atoms with E-state index in [9.17, 15) is 83.1 Å². The summed E-state index contributed by atoms with van der Waals surface area (Å²) in [6.45, 7) is -3.69. The molecule has 45 heavy (non-hydrogen) atoms. The van der Waals surface area contributed by atoms with Gasteiger partial charge in [0.15, 0.2) is 6.67 Å². The van der Waals surface area contributed by atoms with Crippen LogP contribution < -0.4 is 33.4 Å². The summed E-state index contributed by atoms with van der Waals surface area (Å²) in [7, 11) is 0.865. The second-order valence-electron chi connectivity index (χ2n) is 10.1. The van der Waals surface area contributed by atoms with Crippen LogP contribution in [0.1, 0.15) is 6.42 Å². The van der Waals surface area contributed by atoms with Crippen LogP contribution in [-0.2, 0) is 10.0 Å². The summed E-state index contributed by atoms with van der Waals surface area (Å²) < 4.78 is 260. The molecule has 0 aromatic heterocycles. The average molecular weight is 832 g/mol. The summed E-state index contributed by atoms with van der Waals surface area (Å²) in [5, 5.41) is 0. The minimum atomic E-state index is -8.69. The Kier molecular flexibility index (Phi) is 12.7. The lowest BCUT2D eigenvalue weighted by molar-refractivity contribution is -0.870. The number of benzene rings is 1. The zero-order chi connectivity index (χ0) is 35.2. The Hall–Kier alpha value is -1.57. The van der Waals surface area contributed by atoms with E-state index in [4.69, 9.17) is 0 Å². The monoisotopic (exact) mass is 832 g/mol. The molecule has 0 unspecified atom stereocenters. The highest BCUT2D eigenvalue weighted by atomic mass is 127. The molecule has 5 nitrogen and oxygen atoms in total. The predicted octanol–water partition coefficient (Wildman–Crippen LogP) is 3.45. The lowest BCUT2D eigenvalue weighted by Gasteiger charge is -2.43. The topological polar surface area (TPSA) is 55.4 Å². The van der Waals surface area contributed by atoms with Gasteiger partial charge in [0, 0.05) is 13.0 Å². The number of sulfonamides is 1. The minimum Gasteiger partial charge on any atom is -1.00 e. The average Bonchev–Trinajstić information content (AvgIpc) is 2.85. The molecule has 0 saturated carbocycles. The Morgan fingerprint density at radius 3 is 1.42 bits per heavy atom. The zero-order valence-electron chi connectivity index (χ0n) is 22.5. The van der Waals surface area contributed by atoms with Crippen molar-refractivity contribution in [2.45, 2.75) is 58.9 Å². The van der Waals surface area contributed by atoms with E-state index < -0.39 is 74.9 Å². The van der Waals surface area contributed by atoms with Crippen molar-refractivity contribution in [1.82, 2.24) is 4.72 Å². The van der Waals surface area contributed by atoms with E-state index in [-0.39, 0.29) is 49.1 Å². The molecule has 266 valence electrons. The fourth-order valence-corrected chi connectivity index (χ4v) is 4.10. The van der Waals surface area contributed by atoms with Crippen LogP contribution >= 0.6 is 0 Å². The van der Waals surface area contributed by atoms with Gasteiger partial charge in [-0.3, -0.25) is 0 Å². The second kappa shape index (κ2) is 13.1. The number of rotatable bonds is 16. The first-order valence-corrected chi connectivity index (χ1v) is 12.9. The van der Waals surface area contributed by atoms with Gasteiger partial charge in [-0.15, -0.1) is 0 Å². The van der Waals surface area contributed by atoms with Crippen LogP contribution in [0.2, 0.25) is 0 Å². The van der Waals surface area contributed by atoms with Crippen molar-refractivity contribution >= 4 is 10.0 Å². The summed E-state index contributed by atoms with van der Waals surface area (Å²) in [6.07, 6.45) is -6.83. The largest absolute Gasteiger partial charge is 1.00 e. The molecule has 0 atom stereocenters. The third kappa shape index (κ3) is 7.78. The quantitative estimate of drug-likeness (QED) is 0.120. The highest BCUT2D eigenvalue weighted by molar-refractivity contribution is 7.89. The summed E-state index contributed by atoms with van der Waals surface area (Å²) in [5.74, 6) is -59.0. The first-order chi connectivity index (χ1) is 19.2. The molecule has 0 aliphatic carbocycles. The number of ether oxygens (including phenoxy) is 1. The van der Waals surface area contributed by atoms with Crippen molar-refractivity contribution in [1.29, 1.82) is 0 Å². The highest BCUT2D eigenvalue weighted by Crippen LogP contribution is 2.63. The maximum absolute atomic E-state index is 14.0. The van der Waals surface area contributed by atoms with Crippen LogP contribution in [0.5, 0.6) is 5.75 Å². The van der Waals surface area contributed by atoms with Crippen molar-refractivity contribution < 1.29 is 116 Å². The number of hydrogen-bond acceptors (Lipinski definition) is 3. The number of hydrogen-bond donors (Lipinski definition) is 1. The fraction of sp³-hybridized carbons (Fsp3) is 0.714. The molecule has 0 fully saturated rings. The van der Waals surface area contributed by atoms with Crippen molar-refractivity contribution in [2.24, 2.45) is 0 Å². The molecule has 1 aromatic carbocycles. The lowest BCUT2D eigenvalue weighted by Crippen LogP contribution is -3.00. The van der Waals surface area contributed by atoms with E-state index in [1.165, 1.54) is 0 Å². The highest BCUT2D eigenvalue weighted by Gasteiger charge is 2.95. The SMILES string of the molecule is C[N+](C)(C)CCCNS(=O)(=O)c1ccc(OC(F)(F)C(F)(F)C(F)(F)C(F)(F)C(F)(F)C(F)(F)C(F)(F)C(F)(F)CF)cc1.[I-]. The molecule has 1 aromatic rings. The van der Waals surface area contributed by atoms with Crippen LogP contribution in [0.25, 0.3) is 0 Å². The van der Waals surface area contributed by atoms with Crippen LogP contribution in [0.15, 0.2) is 29.2 Å². The molecule has 0 heterocycles. The molecule has 1 rings (SSSR count). The first kappa shape index (κ1) is 43.4. The Labute approximate surface area is 260 Å². The summed E-state index contributed by atoms with van der Waals surface area (Å²) >= 11 is 0. The molecule has 0 bridgehead atoms. The molecule has 0 aliphatic rings. The Bertz CT molecular complexity index is 1250. The van der Waals surface area contributed by atoms with Crippen molar-refractivity contribution in [3.63, 3.8) is 0 Å². The zero-order valence-corrected chi connectivity index (χ0v) is 25.5. The van der Waals surface area contributed by atoms with Gasteiger partial charge < -0.3 is 33.2 Å². The molecule has 0 amide bonds. The smallest absolute Gasteiger partial charge is 0.471 e. The molecule has 0 saturated heterocycles. The maximum Gasteiger partial charge on any atom is 0.471 e. The number of nitrogens with zero attached hydrogens (tertiary/aromatic N) is 1. The third-order valence-electron chi connectivity index (χ3n) is 5.64. The van der Waals surface area contributed by atoms with Crippen molar-refractivity contribution in [3.8, 4) is 5.75 Å². The van der Waals surface area contributed by atoms with Crippen LogP contribution in [-0.4, -0.2) is 101 Å². The third-order valence-corrected chi connectivity index (χ3v) is 7.12. The van der Waals surface area contributed by atoms with Crippen LogP contribution in [0, 0.1) is 0 Å². The number of halogens is 18. The van der Waals surface area contributed by atoms with Gasteiger partial charge in [0.25, 0.3) is 0 Å². The Balaban J connectivity index is 0.0000194. The van der Waals surface area contributed by atoms with Gasteiger partial charge >= 0.3 is 47.6 Å². The van der Waals surface area contributed by atoms with E-state index in [2.05, 4.69) is 4.74 Å². The number of alkyl halides is 17. The molecule has 1 N–H and O–H groups in total. The molecule has 0 radical (unpaired) electrons. The van der Waals surface area contributed by atoms with Gasteiger partial charge in [-0.2, -0.15) is 70.2 Å². The molecule has 0 aliphatic heterocycles. The van der Waals surface area contributed by atoms with E-state index >= 15 is 0 Å². The van der Waals surface area contributed by atoms with Crippen LogP contribution in [0.4, 0.5) is 74.6 Å².